The zero-order chi connectivity index (χ0) is 28.8. The summed E-state index contributed by atoms with van der Waals surface area (Å²) >= 11 is 0. The molecule has 1 N–H and O–H groups in total. The topological polar surface area (TPSA) is 72.9 Å². The van der Waals surface area contributed by atoms with Gasteiger partial charge in [0.1, 0.15) is 11.9 Å². The third-order valence-corrected chi connectivity index (χ3v) is 10.5. The molecule has 0 aromatic heterocycles. The van der Waals surface area contributed by atoms with Gasteiger partial charge in [0.25, 0.3) is 0 Å². The molecular formula is C35H34N2O6. The van der Waals surface area contributed by atoms with Crippen LogP contribution in [0.3, 0.4) is 0 Å². The van der Waals surface area contributed by atoms with Gasteiger partial charge in [0.05, 0.1) is 18.2 Å². The van der Waals surface area contributed by atoms with E-state index in [2.05, 4.69) is 82.9 Å². The Kier molecular flexibility index (Phi) is 5.41. The second kappa shape index (κ2) is 9.18. The molecule has 2 aliphatic carbocycles. The fourth-order valence-corrected chi connectivity index (χ4v) is 8.51. The lowest BCUT2D eigenvalue weighted by atomic mass is 9.78. The summed E-state index contributed by atoms with van der Waals surface area (Å²) in [6.07, 6.45) is 21.1. The molecule has 1 saturated heterocycles. The lowest BCUT2D eigenvalue weighted by molar-refractivity contribution is 0.0782. The van der Waals surface area contributed by atoms with Crippen LogP contribution in [-0.2, 0) is 11.2 Å². The van der Waals surface area contributed by atoms with Gasteiger partial charge < -0.3 is 33.7 Å². The van der Waals surface area contributed by atoms with Crippen LogP contribution in [0.25, 0.3) is 11.6 Å². The highest BCUT2D eigenvalue weighted by Crippen LogP contribution is 2.55. The van der Waals surface area contributed by atoms with Gasteiger partial charge in [0, 0.05) is 24.9 Å². The van der Waals surface area contributed by atoms with Crippen molar-refractivity contribution in [3.63, 3.8) is 0 Å². The van der Waals surface area contributed by atoms with Gasteiger partial charge in [-0.2, -0.15) is 0 Å². The van der Waals surface area contributed by atoms with Crippen molar-refractivity contribution >= 4 is 11.6 Å². The van der Waals surface area contributed by atoms with Crippen molar-refractivity contribution < 1.29 is 28.8 Å². The molecule has 10 rings (SSSR count). The summed E-state index contributed by atoms with van der Waals surface area (Å²) in [6.45, 7) is 2.68. The predicted molar refractivity (Wildman–Crippen MR) is 161 cm³/mol. The van der Waals surface area contributed by atoms with E-state index in [9.17, 15) is 5.11 Å². The Morgan fingerprint density at radius 1 is 0.953 bits per heavy atom. The molecule has 1 fully saturated rings. The number of rotatable bonds is 1. The minimum atomic E-state index is -0.599. The zero-order valence-corrected chi connectivity index (χ0v) is 24.1. The Labute approximate surface area is 250 Å². The first kappa shape index (κ1) is 25.4. The number of allylic oxidation sites excluding steroid dienone is 2. The van der Waals surface area contributed by atoms with Crippen molar-refractivity contribution in [1.82, 2.24) is 9.80 Å². The van der Waals surface area contributed by atoms with Gasteiger partial charge in [0.2, 0.25) is 13.6 Å². The molecule has 8 aliphatic rings. The van der Waals surface area contributed by atoms with Gasteiger partial charge in [-0.05, 0) is 96.5 Å². The molecule has 0 radical (unpaired) electrons. The normalized spacial score (nSPS) is 31.1. The molecule has 1 unspecified atom stereocenters. The van der Waals surface area contributed by atoms with Gasteiger partial charge in [-0.3, -0.25) is 4.90 Å². The SMILES string of the molecule is C1=CC23CC=CN2C=Cc2cc4c(cc2C3=C1)OCO4.COC1=C[C@]23CCCN2CCc2cc4c(cc2[C@@H]3[C@@H]1O)OCO4. The average Bonchev–Trinajstić information content (AvgIpc) is 3.86. The van der Waals surface area contributed by atoms with E-state index in [-0.39, 0.29) is 23.8 Å². The largest absolute Gasteiger partial charge is 0.499 e. The highest BCUT2D eigenvalue weighted by molar-refractivity contribution is 5.88. The van der Waals surface area contributed by atoms with Gasteiger partial charge >= 0.3 is 0 Å². The minimum absolute atomic E-state index is 0.00644. The summed E-state index contributed by atoms with van der Waals surface area (Å²) < 4.78 is 27.7. The van der Waals surface area contributed by atoms with Crippen molar-refractivity contribution in [1.29, 1.82) is 0 Å². The summed E-state index contributed by atoms with van der Waals surface area (Å²) in [4.78, 5) is 4.81. The Bertz CT molecular complexity index is 1690. The summed E-state index contributed by atoms with van der Waals surface area (Å²) in [5.74, 6) is 4.01. The fourth-order valence-electron chi connectivity index (χ4n) is 8.51. The van der Waals surface area contributed by atoms with Crippen LogP contribution >= 0.6 is 0 Å². The molecule has 8 nitrogen and oxygen atoms in total. The van der Waals surface area contributed by atoms with Gasteiger partial charge in [-0.25, -0.2) is 0 Å². The average molecular weight is 579 g/mol. The van der Waals surface area contributed by atoms with E-state index in [0.717, 1.165) is 61.8 Å². The minimum Gasteiger partial charge on any atom is -0.499 e. The number of nitrogens with zero attached hydrogens (tertiary/aromatic N) is 2. The Hall–Kier alpha value is -4.14. The first-order valence-corrected chi connectivity index (χ1v) is 15.2. The number of aliphatic hydroxyl groups is 1. The number of aliphatic hydroxyl groups excluding tert-OH is 1. The number of methoxy groups -OCH3 is 1. The molecule has 43 heavy (non-hydrogen) atoms. The monoisotopic (exact) mass is 578 g/mol. The molecule has 6 aliphatic heterocycles. The highest BCUT2D eigenvalue weighted by atomic mass is 16.7. The second-order valence-corrected chi connectivity index (χ2v) is 12.4. The van der Waals surface area contributed by atoms with Gasteiger partial charge in [-0.15, -0.1) is 0 Å². The molecule has 6 heterocycles. The van der Waals surface area contributed by atoms with Crippen molar-refractivity contribution in [3.8, 4) is 23.0 Å². The zero-order valence-electron chi connectivity index (χ0n) is 24.1. The molecule has 2 aromatic rings. The Morgan fingerprint density at radius 3 is 2.58 bits per heavy atom. The van der Waals surface area contributed by atoms with E-state index in [0.29, 0.717) is 12.6 Å². The van der Waals surface area contributed by atoms with Crippen LogP contribution in [0.1, 0.15) is 47.4 Å². The van der Waals surface area contributed by atoms with Crippen LogP contribution in [0, 0.1) is 0 Å². The van der Waals surface area contributed by atoms with Gasteiger partial charge in [-0.1, -0.05) is 24.3 Å². The van der Waals surface area contributed by atoms with E-state index in [1.54, 1.807) is 7.11 Å². The number of benzene rings is 2. The molecular weight excluding hydrogens is 544 g/mol. The van der Waals surface area contributed by atoms with E-state index in [1.807, 2.05) is 0 Å². The predicted octanol–water partition coefficient (Wildman–Crippen LogP) is 5.11. The molecule has 2 aromatic carbocycles. The molecule has 0 amide bonds. The summed E-state index contributed by atoms with van der Waals surface area (Å²) in [6, 6.07) is 8.38. The summed E-state index contributed by atoms with van der Waals surface area (Å²) in [5, 5.41) is 11.0. The number of ether oxygens (including phenoxy) is 5. The lowest BCUT2D eigenvalue weighted by Crippen LogP contribution is -2.46. The smallest absolute Gasteiger partial charge is 0.231 e. The maximum Gasteiger partial charge on any atom is 0.231 e. The van der Waals surface area contributed by atoms with Crippen molar-refractivity contribution in [2.24, 2.45) is 0 Å². The van der Waals surface area contributed by atoms with Crippen molar-refractivity contribution in [2.45, 2.75) is 48.8 Å². The molecule has 4 atom stereocenters. The molecule has 8 heteroatoms. The van der Waals surface area contributed by atoms with Crippen LogP contribution in [0.15, 0.2) is 72.8 Å². The van der Waals surface area contributed by atoms with E-state index in [1.165, 1.54) is 27.8 Å². The number of hydrogen-bond acceptors (Lipinski definition) is 8. The van der Waals surface area contributed by atoms with Crippen LogP contribution < -0.4 is 18.9 Å². The standard InChI is InChI=1S/C18H21NO4.C17H13NO2/c1-21-15-9-18-4-2-5-19(18)6-3-11-7-13-14(23-10-22-13)8-12(11)16(18)17(15)20;1-3-14-13-10-16-15(19-11-20-16)9-12(13)4-8-18-7-2-6-17(14,18)5-1/h7-9,16-17,20H,2-6,10H2,1H3;1-5,7-10H,6,11H2/t16-,17-,18+;/m1./s1. The van der Waals surface area contributed by atoms with Crippen LogP contribution in [-0.4, -0.2) is 65.9 Å². The van der Waals surface area contributed by atoms with Crippen LogP contribution in [0.2, 0.25) is 0 Å². The molecule has 0 saturated carbocycles. The number of hydrogen-bond donors (Lipinski definition) is 1. The fraction of sp³-hybridized carbons (Fsp3) is 0.371. The van der Waals surface area contributed by atoms with Crippen molar-refractivity contribution in [2.75, 3.05) is 33.8 Å². The third-order valence-electron chi connectivity index (χ3n) is 10.5. The van der Waals surface area contributed by atoms with Crippen LogP contribution in [0.5, 0.6) is 23.0 Å². The quantitative estimate of drug-likeness (QED) is 0.501. The number of fused-ring (bicyclic) bond motifs is 6. The maximum atomic E-state index is 11.0. The Balaban J connectivity index is 0.000000122. The Morgan fingerprint density at radius 2 is 1.74 bits per heavy atom. The first-order valence-electron chi connectivity index (χ1n) is 15.2. The van der Waals surface area contributed by atoms with E-state index < -0.39 is 6.10 Å². The van der Waals surface area contributed by atoms with Gasteiger partial charge in [0.15, 0.2) is 23.0 Å². The lowest BCUT2D eigenvalue weighted by Gasteiger charge is -2.38. The van der Waals surface area contributed by atoms with E-state index >= 15 is 0 Å². The molecule has 220 valence electrons. The summed E-state index contributed by atoms with van der Waals surface area (Å²) in [5.41, 5.74) is 6.04. The second-order valence-electron chi connectivity index (χ2n) is 12.4. The highest BCUT2D eigenvalue weighted by Gasteiger charge is 2.56. The first-order chi connectivity index (χ1) is 21.1. The third kappa shape index (κ3) is 3.50. The van der Waals surface area contributed by atoms with Crippen LogP contribution in [0.4, 0.5) is 0 Å². The molecule has 2 spiro atoms. The maximum absolute atomic E-state index is 11.0. The van der Waals surface area contributed by atoms with E-state index in [4.69, 9.17) is 23.7 Å². The summed E-state index contributed by atoms with van der Waals surface area (Å²) in [7, 11) is 1.65. The van der Waals surface area contributed by atoms with Crippen molar-refractivity contribution in [3.05, 3.63) is 95.1 Å². The molecule has 0 bridgehead atoms.